The molecule has 12 heteroatoms. The van der Waals surface area contributed by atoms with Crippen LogP contribution in [0, 0.1) is 0 Å². The van der Waals surface area contributed by atoms with Gasteiger partial charge >= 0.3 is 6.36 Å². The molecule has 200 valence electrons. The third-order valence-electron chi connectivity index (χ3n) is 5.93. The number of hydrogen-bond donors (Lipinski definition) is 1. The van der Waals surface area contributed by atoms with Crippen molar-refractivity contribution < 1.29 is 27.5 Å². The van der Waals surface area contributed by atoms with E-state index in [1.165, 1.54) is 24.5 Å². The van der Waals surface area contributed by atoms with Crippen LogP contribution in [0.15, 0.2) is 54.9 Å². The number of amides is 1. The molecule has 4 rings (SSSR count). The van der Waals surface area contributed by atoms with Gasteiger partial charge in [-0.15, -0.1) is 13.2 Å². The fourth-order valence-corrected chi connectivity index (χ4v) is 4.11. The van der Waals surface area contributed by atoms with E-state index in [0.29, 0.717) is 29.5 Å². The molecule has 1 saturated heterocycles. The van der Waals surface area contributed by atoms with E-state index < -0.39 is 23.8 Å². The smallest absolute Gasteiger partial charge is 0.404 e. The number of alkyl halides is 3. The molecule has 1 fully saturated rings. The van der Waals surface area contributed by atoms with Gasteiger partial charge in [-0.05, 0) is 37.4 Å². The number of aromatic nitrogens is 2. The molecule has 3 aromatic rings. The second kappa shape index (κ2) is 11.9. The first kappa shape index (κ1) is 27.5. The first-order valence-corrected chi connectivity index (χ1v) is 12.1. The number of ketones is 1. The molecule has 2 heterocycles. The van der Waals surface area contributed by atoms with Crippen LogP contribution in [0.25, 0.3) is 11.3 Å². The lowest BCUT2D eigenvalue weighted by Gasteiger charge is -2.31. The van der Waals surface area contributed by atoms with Gasteiger partial charge in [0.15, 0.2) is 11.5 Å². The Labute approximate surface area is 222 Å². The summed E-state index contributed by atoms with van der Waals surface area (Å²) in [5.41, 5.74) is 1.56. The van der Waals surface area contributed by atoms with Crippen LogP contribution < -0.4 is 10.1 Å². The highest BCUT2D eigenvalue weighted by molar-refractivity contribution is 6.30. The number of nitrogens with one attached hydrogen (secondary N) is 1. The van der Waals surface area contributed by atoms with Gasteiger partial charge in [0, 0.05) is 48.5 Å². The predicted octanol–water partition coefficient (Wildman–Crippen LogP) is 4.31. The lowest BCUT2D eigenvalue weighted by atomic mass is 10.1. The quantitative estimate of drug-likeness (QED) is 0.421. The van der Waals surface area contributed by atoms with E-state index in [1.54, 1.807) is 18.2 Å². The first-order chi connectivity index (χ1) is 18.1. The zero-order valence-corrected chi connectivity index (χ0v) is 21.2. The number of anilines is 1. The molecule has 0 saturated carbocycles. The van der Waals surface area contributed by atoms with Gasteiger partial charge in [-0.2, -0.15) is 0 Å². The molecular formula is C26H25ClF3N5O3. The fraction of sp³-hybridized carbons (Fsp3) is 0.308. The Morgan fingerprint density at radius 1 is 1.05 bits per heavy atom. The zero-order valence-electron chi connectivity index (χ0n) is 20.5. The van der Waals surface area contributed by atoms with Crippen molar-refractivity contribution in [1.29, 1.82) is 0 Å². The Kier molecular flexibility index (Phi) is 8.60. The number of Topliss-reactive ketones (excluding diaryl/α,β-unsaturated/α-hetero) is 1. The van der Waals surface area contributed by atoms with Crippen molar-refractivity contribution in [2.75, 3.05) is 45.1 Å². The maximum atomic E-state index is 13.0. The minimum atomic E-state index is -4.97. The maximum absolute atomic E-state index is 13.0. The highest BCUT2D eigenvalue weighted by Crippen LogP contribution is 2.32. The molecule has 38 heavy (non-hydrogen) atoms. The van der Waals surface area contributed by atoms with Gasteiger partial charge in [0.25, 0.3) is 0 Å². The topological polar surface area (TPSA) is 87.7 Å². The number of benzene rings is 2. The number of nitrogens with zero attached hydrogens (tertiary/aromatic N) is 4. The normalized spacial score (nSPS) is 14.8. The highest BCUT2D eigenvalue weighted by atomic mass is 35.5. The minimum absolute atomic E-state index is 0.00599. The van der Waals surface area contributed by atoms with E-state index in [9.17, 15) is 22.8 Å². The Morgan fingerprint density at radius 2 is 1.82 bits per heavy atom. The van der Waals surface area contributed by atoms with Crippen LogP contribution >= 0.6 is 11.6 Å². The molecule has 1 aromatic heterocycles. The third-order valence-corrected chi connectivity index (χ3v) is 6.17. The number of carbonyl (C=O) groups is 2. The van der Waals surface area contributed by atoms with Gasteiger partial charge in [-0.3, -0.25) is 24.5 Å². The summed E-state index contributed by atoms with van der Waals surface area (Å²) in [5, 5.41) is 3.02. The van der Waals surface area contributed by atoms with Gasteiger partial charge in [-0.25, -0.2) is 0 Å². The summed E-state index contributed by atoms with van der Waals surface area (Å²) in [4.78, 5) is 38.2. The van der Waals surface area contributed by atoms with E-state index in [1.807, 2.05) is 18.0 Å². The van der Waals surface area contributed by atoms with Gasteiger partial charge < -0.3 is 15.0 Å². The summed E-state index contributed by atoms with van der Waals surface area (Å²) in [6, 6.07) is 10.5. The average molecular weight is 548 g/mol. The highest BCUT2D eigenvalue weighted by Gasteiger charge is 2.32. The van der Waals surface area contributed by atoms with Gasteiger partial charge in [-0.1, -0.05) is 23.7 Å². The number of carbonyl (C=O) groups excluding carboxylic acids is 2. The van der Waals surface area contributed by atoms with E-state index in [2.05, 4.69) is 24.9 Å². The van der Waals surface area contributed by atoms with E-state index >= 15 is 0 Å². The summed E-state index contributed by atoms with van der Waals surface area (Å²) in [5.74, 6) is -1.52. The van der Waals surface area contributed by atoms with Crippen LogP contribution in [0.2, 0.25) is 5.02 Å². The van der Waals surface area contributed by atoms with Gasteiger partial charge in [0.2, 0.25) is 5.91 Å². The second-order valence-corrected chi connectivity index (χ2v) is 9.33. The second-order valence-electron chi connectivity index (χ2n) is 8.89. The molecule has 0 unspecified atom stereocenters. The number of ether oxygens (including phenoxy) is 1. The monoisotopic (exact) mass is 547 g/mol. The Hall–Kier alpha value is -3.54. The molecule has 8 nitrogen and oxygen atoms in total. The summed E-state index contributed by atoms with van der Waals surface area (Å²) in [7, 11) is 1.97. The molecular weight excluding hydrogens is 523 g/mol. The van der Waals surface area contributed by atoms with Crippen LogP contribution in [-0.4, -0.2) is 77.6 Å². The molecule has 0 atom stereocenters. The molecule has 2 aromatic carbocycles. The van der Waals surface area contributed by atoms with Gasteiger partial charge in [0.05, 0.1) is 36.2 Å². The average Bonchev–Trinajstić information content (AvgIpc) is 2.86. The minimum Gasteiger partial charge on any atom is -0.404 e. The Balaban J connectivity index is 1.47. The van der Waals surface area contributed by atoms with Crippen molar-refractivity contribution in [3.05, 3.63) is 71.1 Å². The number of rotatable bonds is 8. The van der Waals surface area contributed by atoms with Crippen LogP contribution in [0.3, 0.4) is 0 Å². The van der Waals surface area contributed by atoms with E-state index in [-0.39, 0.29) is 24.2 Å². The SMILES string of the molecule is CN1CCN(CC(=O)Nc2cc(C(=O)Cc3cnc(-c4cccc(Cl)c4)cn3)ccc2OC(F)(F)F)CC1. The van der Waals surface area contributed by atoms with Crippen molar-refractivity contribution in [1.82, 2.24) is 19.8 Å². The van der Waals surface area contributed by atoms with Crippen LogP contribution in [0.5, 0.6) is 5.75 Å². The van der Waals surface area contributed by atoms with Crippen molar-refractivity contribution in [3.63, 3.8) is 0 Å². The number of likely N-dealkylation sites (N-methyl/N-ethyl adjacent to an activating group) is 1. The molecule has 1 aliphatic heterocycles. The van der Waals surface area contributed by atoms with Crippen molar-refractivity contribution in [2.24, 2.45) is 0 Å². The van der Waals surface area contributed by atoms with Crippen LogP contribution in [0.4, 0.5) is 18.9 Å². The summed E-state index contributed by atoms with van der Waals surface area (Å²) < 4.78 is 42.9. The van der Waals surface area contributed by atoms with Crippen LogP contribution in [0.1, 0.15) is 16.1 Å². The molecule has 1 aliphatic rings. The lowest BCUT2D eigenvalue weighted by Crippen LogP contribution is -2.47. The zero-order chi connectivity index (χ0) is 27.3. The standard InChI is InChI=1S/C26H25ClF3N5O3/c1-34-7-9-35(10-8-34)16-25(37)33-21-12-18(5-6-24(21)38-26(28,29)30)23(36)13-20-14-32-22(15-31-20)17-3-2-4-19(27)11-17/h2-6,11-12,14-15H,7-10,13,16H2,1H3,(H,33,37). The Morgan fingerprint density at radius 3 is 2.47 bits per heavy atom. The van der Waals surface area contributed by atoms with Gasteiger partial charge in [0.1, 0.15) is 0 Å². The third kappa shape index (κ3) is 7.73. The van der Waals surface area contributed by atoms with E-state index in [0.717, 1.165) is 24.7 Å². The molecule has 0 radical (unpaired) electrons. The van der Waals surface area contributed by atoms with Crippen molar-refractivity contribution in [3.8, 4) is 17.0 Å². The number of piperazine rings is 1. The lowest BCUT2D eigenvalue weighted by molar-refractivity contribution is -0.274. The fourth-order valence-electron chi connectivity index (χ4n) is 3.92. The Bertz CT molecular complexity index is 1300. The molecule has 1 amide bonds. The number of hydrogen-bond acceptors (Lipinski definition) is 7. The molecule has 1 N–H and O–H groups in total. The van der Waals surface area contributed by atoms with Crippen molar-refractivity contribution in [2.45, 2.75) is 12.8 Å². The summed E-state index contributed by atoms with van der Waals surface area (Å²) in [6.45, 7) is 2.88. The van der Waals surface area contributed by atoms with E-state index in [4.69, 9.17) is 11.6 Å². The predicted molar refractivity (Wildman–Crippen MR) is 136 cm³/mol. The van der Waals surface area contributed by atoms with Crippen molar-refractivity contribution >= 4 is 29.0 Å². The number of halogens is 4. The summed E-state index contributed by atoms with van der Waals surface area (Å²) in [6.07, 6.45) is -2.15. The molecule has 0 bridgehead atoms. The van der Waals surface area contributed by atoms with Crippen LogP contribution in [-0.2, 0) is 11.2 Å². The molecule has 0 aliphatic carbocycles. The molecule has 0 spiro atoms. The maximum Gasteiger partial charge on any atom is 0.573 e. The largest absolute Gasteiger partial charge is 0.573 e. The first-order valence-electron chi connectivity index (χ1n) is 11.8. The summed E-state index contributed by atoms with van der Waals surface area (Å²) >= 11 is 6.01.